The van der Waals surface area contributed by atoms with Crippen molar-refractivity contribution in [2.45, 2.75) is 20.0 Å². The molecule has 0 aliphatic heterocycles. The molecule has 31 heavy (non-hydrogen) atoms. The fourth-order valence-electron chi connectivity index (χ4n) is 3.06. The summed E-state index contributed by atoms with van der Waals surface area (Å²) in [4.78, 5) is 28.1. The highest BCUT2D eigenvalue weighted by Crippen LogP contribution is 2.33. The Morgan fingerprint density at radius 2 is 1.68 bits per heavy atom. The van der Waals surface area contributed by atoms with Gasteiger partial charge in [-0.2, -0.15) is 0 Å². The molecule has 7 nitrogen and oxygen atoms in total. The van der Waals surface area contributed by atoms with Crippen LogP contribution in [-0.2, 0) is 14.3 Å². The third kappa shape index (κ3) is 5.39. The molecule has 0 saturated heterocycles. The molecule has 1 amide bonds. The van der Waals surface area contributed by atoms with Crippen LogP contribution in [0.5, 0.6) is 11.5 Å². The lowest BCUT2D eigenvalue weighted by atomic mass is 10.1. The maximum atomic E-state index is 12.2. The van der Waals surface area contributed by atoms with E-state index in [4.69, 9.17) is 19.2 Å². The van der Waals surface area contributed by atoms with E-state index in [1.54, 1.807) is 20.3 Å². The van der Waals surface area contributed by atoms with E-state index >= 15 is 0 Å². The van der Waals surface area contributed by atoms with Gasteiger partial charge in [0, 0.05) is 23.7 Å². The van der Waals surface area contributed by atoms with Crippen molar-refractivity contribution in [2.75, 3.05) is 19.5 Å². The zero-order valence-corrected chi connectivity index (χ0v) is 17.8. The van der Waals surface area contributed by atoms with Crippen LogP contribution in [0.2, 0.25) is 0 Å². The zero-order chi connectivity index (χ0) is 22.4. The second-order valence-corrected chi connectivity index (χ2v) is 6.80. The SMILES string of the molecule is COc1ccc(OC)c(-c2cccc(-c3cccc(NC(=O)[C@H](C)OC(C)=O)c3)n2)c1. The molecular weight excluding hydrogens is 396 g/mol. The van der Waals surface area contributed by atoms with E-state index in [0.717, 1.165) is 22.5 Å². The lowest BCUT2D eigenvalue weighted by Gasteiger charge is -2.13. The summed E-state index contributed by atoms with van der Waals surface area (Å²) in [6, 6.07) is 18.5. The van der Waals surface area contributed by atoms with Gasteiger partial charge < -0.3 is 19.5 Å². The number of hydrogen-bond acceptors (Lipinski definition) is 6. The van der Waals surface area contributed by atoms with E-state index in [1.807, 2.05) is 54.6 Å². The summed E-state index contributed by atoms with van der Waals surface area (Å²) in [5.41, 5.74) is 3.66. The number of rotatable bonds is 7. The minimum Gasteiger partial charge on any atom is -0.497 e. The summed E-state index contributed by atoms with van der Waals surface area (Å²) in [7, 11) is 3.22. The molecule has 0 fully saturated rings. The zero-order valence-electron chi connectivity index (χ0n) is 17.8. The summed E-state index contributed by atoms with van der Waals surface area (Å²) in [6.45, 7) is 2.79. The molecule has 0 spiro atoms. The Morgan fingerprint density at radius 1 is 0.935 bits per heavy atom. The first-order valence-corrected chi connectivity index (χ1v) is 9.69. The number of aromatic nitrogens is 1. The second kappa shape index (κ2) is 9.75. The first-order chi connectivity index (χ1) is 14.9. The molecule has 1 atom stereocenters. The number of nitrogens with zero attached hydrogens (tertiary/aromatic N) is 1. The van der Waals surface area contributed by atoms with Crippen molar-refractivity contribution in [3.8, 4) is 34.0 Å². The molecule has 0 radical (unpaired) electrons. The lowest BCUT2D eigenvalue weighted by molar-refractivity contribution is -0.150. The Morgan fingerprint density at radius 3 is 2.39 bits per heavy atom. The summed E-state index contributed by atoms with van der Waals surface area (Å²) in [5.74, 6) is 0.473. The van der Waals surface area contributed by atoms with Gasteiger partial charge in [0.25, 0.3) is 5.91 Å². The molecule has 1 aromatic heterocycles. The molecule has 1 N–H and O–H groups in total. The predicted molar refractivity (Wildman–Crippen MR) is 118 cm³/mol. The fourth-order valence-corrected chi connectivity index (χ4v) is 3.06. The van der Waals surface area contributed by atoms with Crippen LogP contribution in [0.25, 0.3) is 22.5 Å². The van der Waals surface area contributed by atoms with Crippen LogP contribution < -0.4 is 14.8 Å². The Bertz CT molecular complexity index is 1100. The topological polar surface area (TPSA) is 86.8 Å². The van der Waals surface area contributed by atoms with Gasteiger partial charge in [0.05, 0.1) is 25.6 Å². The smallest absolute Gasteiger partial charge is 0.303 e. The number of amides is 1. The van der Waals surface area contributed by atoms with Crippen LogP contribution in [-0.4, -0.2) is 37.2 Å². The monoisotopic (exact) mass is 420 g/mol. The van der Waals surface area contributed by atoms with Crippen LogP contribution in [0.4, 0.5) is 5.69 Å². The van der Waals surface area contributed by atoms with Crippen LogP contribution in [0, 0.1) is 0 Å². The van der Waals surface area contributed by atoms with Crippen LogP contribution in [0.3, 0.4) is 0 Å². The van der Waals surface area contributed by atoms with Gasteiger partial charge in [0.15, 0.2) is 6.10 Å². The molecule has 1 heterocycles. The minimum atomic E-state index is -0.886. The minimum absolute atomic E-state index is 0.407. The number of carbonyl (C=O) groups is 2. The Labute approximate surface area is 181 Å². The molecule has 2 aromatic carbocycles. The third-order valence-electron chi connectivity index (χ3n) is 4.57. The molecule has 160 valence electrons. The average molecular weight is 420 g/mol. The number of hydrogen-bond donors (Lipinski definition) is 1. The van der Waals surface area contributed by atoms with Gasteiger partial charge in [0.1, 0.15) is 11.5 Å². The highest BCUT2D eigenvalue weighted by atomic mass is 16.5. The normalized spacial score (nSPS) is 11.4. The number of esters is 1. The number of pyridine rings is 1. The first kappa shape index (κ1) is 21.8. The summed E-state index contributed by atoms with van der Waals surface area (Å²) in [6.07, 6.45) is -0.886. The van der Waals surface area contributed by atoms with E-state index in [-0.39, 0.29) is 0 Å². The lowest BCUT2D eigenvalue weighted by Crippen LogP contribution is -2.29. The van der Waals surface area contributed by atoms with Crippen molar-refractivity contribution in [3.05, 3.63) is 60.7 Å². The van der Waals surface area contributed by atoms with E-state index in [2.05, 4.69) is 5.32 Å². The van der Waals surface area contributed by atoms with Gasteiger partial charge in [-0.1, -0.05) is 18.2 Å². The van der Waals surface area contributed by atoms with E-state index < -0.39 is 18.0 Å². The molecule has 0 aliphatic carbocycles. The highest BCUT2D eigenvalue weighted by molar-refractivity contribution is 5.95. The maximum Gasteiger partial charge on any atom is 0.303 e. The van der Waals surface area contributed by atoms with Crippen molar-refractivity contribution < 1.29 is 23.8 Å². The molecule has 0 bridgehead atoms. The standard InChI is InChI=1S/C24H24N2O5/c1-15(31-16(2)27)24(28)25-18-8-5-7-17(13-18)21-9-6-10-22(26-21)20-14-19(29-3)11-12-23(20)30-4/h5-15H,1-4H3,(H,25,28)/t15-/m0/s1. The van der Waals surface area contributed by atoms with Crippen LogP contribution in [0.1, 0.15) is 13.8 Å². The predicted octanol–water partition coefficient (Wildman–Crippen LogP) is 4.32. The third-order valence-corrected chi connectivity index (χ3v) is 4.57. The fraction of sp³-hybridized carbons (Fsp3) is 0.208. The van der Waals surface area contributed by atoms with Crippen molar-refractivity contribution in [1.29, 1.82) is 0 Å². The largest absolute Gasteiger partial charge is 0.497 e. The number of carbonyl (C=O) groups excluding carboxylic acids is 2. The van der Waals surface area contributed by atoms with Gasteiger partial charge in [-0.3, -0.25) is 9.59 Å². The van der Waals surface area contributed by atoms with Crippen molar-refractivity contribution in [1.82, 2.24) is 4.98 Å². The van der Waals surface area contributed by atoms with Gasteiger partial charge in [-0.05, 0) is 49.4 Å². The number of benzene rings is 2. The Kier molecular flexibility index (Phi) is 6.87. The number of methoxy groups -OCH3 is 2. The summed E-state index contributed by atoms with van der Waals surface area (Å²) < 4.78 is 15.7. The number of ether oxygens (including phenoxy) is 3. The van der Waals surface area contributed by atoms with E-state index in [1.165, 1.54) is 13.8 Å². The highest BCUT2D eigenvalue weighted by Gasteiger charge is 2.16. The number of nitrogens with one attached hydrogen (secondary N) is 1. The quantitative estimate of drug-likeness (QED) is 0.573. The maximum absolute atomic E-state index is 12.2. The van der Waals surface area contributed by atoms with Crippen molar-refractivity contribution >= 4 is 17.6 Å². The van der Waals surface area contributed by atoms with Crippen molar-refractivity contribution in [3.63, 3.8) is 0 Å². The molecule has 0 saturated carbocycles. The number of anilines is 1. The first-order valence-electron chi connectivity index (χ1n) is 9.69. The second-order valence-electron chi connectivity index (χ2n) is 6.80. The molecule has 3 rings (SSSR count). The van der Waals surface area contributed by atoms with Crippen LogP contribution >= 0.6 is 0 Å². The summed E-state index contributed by atoms with van der Waals surface area (Å²) in [5, 5.41) is 2.76. The van der Waals surface area contributed by atoms with Gasteiger partial charge >= 0.3 is 5.97 Å². The summed E-state index contributed by atoms with van der Waals surface area (Å²) >= 11 is 0. The molecule has 0 aliphatic rings. The van der Waals surface area contributed by atoms with Gasteiger partial charge in [0.2, 0.25) is 0 Å². The molecule has 3 aromatic rings. The van der Waals surface area contributed by atoms with E-state index in [9.17, 15) is 9.59 Å². The Balaban J connectivity index is 1.89. The van der Waals surface area contributed by atoms with E-state index in [0.29, 0.717) is 17.2 Å². The molecule has 0 unspecified atom stereocenters. The van der Waals surface area contributed by atoms with Gasteiger partial charge in [-0.25, -0.2) is 4.98 Å². The van der Waals surface area contributed by atoms with Crippen LogP contribution in [0.15, 0.2) is 60.7 Å². The molecule has 7 heteroatoms. The average Bonchev–Trinajstić information content (AvgIpc) is 2.78. The van der Waals surface area contributed by atoms with Crippen molar-refractivity contribution in [2.24, 2.45) is 0 Å². The molecular formula is C24H24N2O5. The van der Waals surface area contributed by atoms with Gasteiger partial charge in [-0.15, -0.1) is 0 Å². The Hall–Kier alpha value is -3.87.